The van der Waals surface area contributed by atoms with E-state index >= 15 is 0 Å². The third-order valence-corrected chi connectivity index (χ3v) is 3.50. The highest BCUT2D eigenvalue weighted by Crippen LogP contribution is 2.29. The second-order valence-electron chi connectivity index (χ2n) is 5.52. The molecule has 0 unspecified atom stereocenters. The summed E-state index contributed by atoms with van der Waals surface area (Å²) < 4.78 is 32.1. The minimum Gasteiger partial charge on any atom is -0.339 e. The van der Waals surface area contributed by atoms with Gasteiger partial charge in [0.1, 0.15) is 17.5 Å². The summed E-state index contributed by atoms with van der Waals surface area (Å²) in [5, 5.41) is 6.34. The Bertz CT molecular complexity index is 969. The molecule has 8 heteroatoms. The van der Waals surface area contributed by atoms with E-state index in [4.69, 9.17) is 4.52 Å². The largest absolute Gasteiger partial charge is 0.339 e. The maximum Gasteiger partial charge on any atom is 0.259 e. The number of amides is 1. The molecule has 0 saturated carbocycles. The fourth-order valence-corrected chi connectivity index (χ4v) is 2.46. The average molecular weight is 344 g/mol. The van der Waals surface area contributed by atoms with Gasteiger partial charge >= 0.3 is 0 Å². The van der Waals surface area contributed by atoms with Crippen molar-refractivity contribution in [3.05, 3.63) is 58.6 Å². The van der Waals surface area contributed by atoms with E-state index in [0.29, 0.717) is 17.1 Å². The molecule has 1 amide bonds. The van der Waals surface area contributed by atoms with Crippen LogP contribution in [0.25, 0.3) is 11.4 Å². The Morgan fingerprint density at radius 1 is 1.12 bits per heavy atom. The van der Waals surface area contributed by atoms with Crippen LogP contribution in [0.3, 0.4) is 0 Å². The summed E-state index contributed by atoms with van der Waals surface area (Å²) in [6.07, 6.45) is 0. The second-order valence-corrected chi connectivity index (χ2v) is 5.52. The van der Waals surface area contributed by atoms with Gasteiger partial charge in [-0.2, -0.15) is 4.98 Å². The van der Waals surface area contributed by atoms with Crippen LogP contribution >= 0.6 is 0 Å². The molecule has 1 aromatic carbocycles. The number of nitrogens with one attached hydrogen (secondary N) is 1. The van der Waals surface area contributed by atoms with Gasteiger partial charge in [-0.25, -0.2) is 13.8 Å². The minimum absolute atomic E-state index is 0.145. The van der Waals surface area contributed by atoms with Gasteiger partial charge < -0.3 is 9.84 Å². The van der Waals surface area contributed by atoms with Crippen LogP contribution in [0.4, 0.5) is 14.6 Å². The van der Waals surface area contributed by atoms with Gasteiger partial charge in [-0.3, -0.25) is 4.79 Å². The predicted octanol–water partition coefficient (Wildman–Crippen LogP) is 3.59. The summed E-state index contributed by atoms with van der Waals surface area (Å²) in [4.78, 5) is 20.8. The number of carbonyl (C=O) groups excluding carboxylic acids is 1. The van der Waals surface area contributed by atoms with Crippen molar-refractivity contribution < 1.29 is 18.1 Å². The molecule has 3 aromatic rings. The number of aromatic nitrogens is 3. The Morgan fingerprint density at radius 3 is 2.56 bits per heavy atom. The van der Waals surface area contributed by atoms with Gasteiger partial charge in [0.15, 0.2) is 0 Å². The van der Waals surface area contributed by atoms with Crippen molar-refractivity contribution in [3.8, 4) is 11.4 Å². The Balaban J connectivity index is 2.05. The van der Waals surface area contributed by atoms with Crippen molar-refractivity contribution in [1.82, 2.24) is 15.1 Å². The molecule has 1 N–H and O–H groups in total. The van der Waals surface area contributed by atoms with Crippen molar-refractivity contribution >= 4 is 11.7 Å². The molecule has 0 atom stereocenters. The Hall–Kier alpha value is -3.16. The van der Waals surface area contributed by atoms with Crippen LogP contribution in [0.15, 0.2) is 28.8 Å². The molecule has 0 spiro atoms. The van der Waals surface area contributed by atoms with Crippen LogP contribution in [-0.2, 0) is 0 Å². The van der Waals surface area contributed by atoms with Gasteiger partial charge in [-0.15, -0.1) is 0 Å². The lowest BCUT2D eigenvalue weighted by Gasteiger charge is -2.12. The van der Waals surface area contributed by atoms with E-state index in [0.717, 1.165) is 23.8 Å². The summed E-state index contributed by atoms with van der Waals surface area (Å²) in [5.41, 5.74) is 1.42. The first-order valence-electron chi connectivity index (χ1n) is 7.40. The normalized spacial score (nSPS) is 10.8. The van der Waals surface area contributed by atoms with Crippen molar-refractivity contribution in [2.45, 2.75) is 20.8 Å². The Kier molecular flexibility index (Phi) is 4.26. The topological polar surface area (TPSA) is 80.9 Å². The van der Waals surface area contributed by atoms with Crippen molar-refractivity contribution in [1.29, 1.82) is 0 Å². The summed E-state index contributed by atoms with van der Waals surface area (Å²) in [6.45, 7) is 5.18. The van der Waals surface area contributed by atoms with Gasteiger partial charge in [0.25, 0.3) is 5.91 Å². The van der Waals surface area contributed by atoms with Gasteiger partial charge in [-0.1, -0.05) is 5.16 Å². The molecule has 3 rings (SSSR count). The summed E-state index contributed by atoms with van der Waals surface area (Å²) >= 11 is 0. The predicted molar refractivity (Wildman–Crippen MR) is 86.1 cm³/mol. The maximum absolute atomic E-state index is 13.8. The monoisotopic (exact) mass is 344 g/mol. The van der Waals surface area contributed by atoms with Gasteiger partial charge in [-0.05, 0) is 43.7 Å². The van der Waals surface area contributed by atoms with Crippen LogP contribution in [0.1, 0.15) is 27.5 Å². The molecule has 2 heterocycles. The lowest BCUT2D eigenvalue weighted by atomic mass is 10.1. The van der Waals surface area contributed by atoms with Crippen molar-refractivity contribution in [2.75, 3.05) is 5.32 Å². The van der Waals surface area contributed by atoms with Gasteiger partial charge in [0.05, 0.1) is 11.1 Å². The van der Waals surface area contributed by atoms with Crippen LogP contribution in [0.2, 0.25) is 0 Å². The molecule has 2 aromatic heterocycles. The van der Waals surface area contributed by atoms with Gasteiger partial charge in [0.2, 0.25) is 11.7 Å². The molecule has 25 heavy (non-hydrogen) atoms. The van der Waals surface area contributed by atoms with Crippen molar-refractivity contribution in [3.63, 3.8) is 0 Å². The van der Waals surface area contributed by atoms with E-state index in [1.807, 2.05) is 0 Å². The Labute approximate surface area is 141 Å². The van der Waals surface area contributed by atoms with Gasteiger partial charge in [0, 0.05) is 12.6 Å². The molecule has 0 saturated heterocycles. The SMILES string of the molecule is Cc1cc(C)c(-c2noc(C)n2)c(NC(=O)c2cc(F)ccc2F)n1. The lowest BCUT2D eigenvalue weighted by molar-refractivity contribution is 0.102. The number of nitrogens with zero attached hydrogens (tertiary/aromatic N) is 3. The van der Waals surface area contributed by atoms with E-state index in [-0.39, 0.29) is 11.6 Å². The summed E-state index contributed by atoms with van der Waals surface area (Å²) in [6, 6.07) is 4.45. The number of aryl methyl sites for hydroxylation is 3. The zero-order valence-corrected chi connectivity index (χ0v) is 13.7. The van der Waals surface area contributed by atoms with Crippen LogP contribution in [0.5, 0.6) is 0 Å². The average Bonchev–Trinajstić information content (AvgIpc) is 2.95. The molecule has 128 valence electrons. The highest BCUT2D eigenvalue weighted by Gasteiger charge is 2.20. The van der Waals surface area contributed by atoms with E-state index < -0.39 is 23.1 Å². The zero-order chi connectivity index (χ0) is 18.1. The third kappa shape index (κ3) is 3.37. The van der Waals surface area contributed by atoms with E-state index in [2.05, 4.69) is 20.4 Å². The molecule has 0 aliphatic heterocycles. The molecule has 0 radical (unpaired) electrons. The number of anilines is 1. The highest BCUT2D eigenvalue weighted by atomic mass is 19.1. The number of hydrogen-bond donors (Lipinski definition) is 1. The standard InChI is InChI=1S/C17H14F2N4O2/c1-8-6-9(2)20-15(14(8)16-21-10(3)25-23-16)22-17(24)12-7-11(18)4-5-13(12)19/h4-7H,1-3H3,(H,20,22,24). The molecule has 6 nitrogen and oxygen atoms in total. The smallest absolute Gasteiger partial charge is 0.259 e. The Morgan fingerprint density at radius 2 is 1.88 bits per heavy atom. The lowest BCUT2D eigenvalue weighted by Crippen LogP contribution is -2.16. The molecule has 0 aliphatic carbocycles. The number of rotatable bonds is 3. The quantitative estimate of drug-likeness (QED) is 0.785. The number of carbonyl (C=O) groups is 1. The number of pyridine rings is 1. The maximum atomic E-state index is 13.8. The number of halogens is 2. The van der Waals surface area contributed by atoms with E-state index in [1.165, 1.54) is 0 Å². The third-order valence-electron chi connectivity index (χ3n) is 3.50. The zero-order valence-electron chi connectivity index (χ0n) is 13.7. The minimum atomic E-state index is -0.833. The fourth-order valence-electron chi connectivity index (χ4n) is 2.46. The van der Waals surface area contributed by atoms with Crippen LogP contribution < -0.4 is 5.32 Å². The van der Waals surface area contributed by atoms with E-state index in [9.17, 15) is 13.6 Å². The molecule has 0 fully saturated rings. The first kappa shape index (κ1) is 16.7. The molecule has 0 aliphatic rings. The first-order valence-corrected chi connectivity index (χ1v) is 7.40. The van der Waals surface area contributed by atoms with Crippen LogP contribution in [-0.4, -0.2) is 21.0 Å². The fraction of sp³-hybridized carbons (Fsp3) is 0.176. The number of benzene rings is 1. The van der Waals surface area contributed by atoms with Crippen molar-refractivity contribution in [2.24, 2.45) is 0 Å². The molecular formula is C17H14F2N4O2. The van der Waals surface area contributed by atoms with E-state index in [1.54, 1.807) is 26.8 Å². The number of hydrogen-bond acceptors (Lipinski definition) is 5. The second kappa shape index (κ2) is 6.39. The first-order chi connectivity index (χ1) is 11.8. The summed E-state index contributed by atoms with van der Waals surface area (Å²) in [5.74, 6) is -1.63. The highest BCUT2D eigenvalue weighted by molar-refractivity contribution is 6.05. The summed E-state index contributed by atoms with van der Waals surface area (Å²) in [7, 11) is 0. The molecule has 0 bridgehead atoms. The molecular weight excluding hydrogens is 330 g/mol. The van der Waals surface area contributed by atoms with Crippen LogP contribution in [0, 0.1) is 32.4 Å².